The number of rotatable bonds is 3. The number of unbranched alkanes of at least 4 members (excludes halogenated alkanes) is 1. The molecule has 3 nitrogen and oxygen atoms in total. The van der Waals surface area contributed by atoms with Crippen LogP contribution in [-0.2, 0) is 13.5 Å². The molecule has 62 valence electrons. The summed E-state index contributed by atoms with van der Waals surface area (Å²) < 4.78 is 1.50. The monoisotopic (exact) mass is 154 g/mol. The lowest BCUT2D eigenvalue weighted by molar-refractivity contribution is 0.699. The first-order chi connectivity index (χ1) is 5.24. The van der Waals surface area contributed by atoms with E-state index in [1.807, 2.05) is 0 Å². The molecule has 0 aliphatic carbocycles. The van der Waals surface area contributed by atoms with Crippen molar-refractivity contribution in [2.45, 2.75) is 26.2 Å². The van der Waals surface area contributed by atoms with Crippen LogP contribution in [0.1, 0.15) is 25.5 Å². The molecule has 1 rings (SSSR count). The number of aromatic nitrogens is 2. The van der Waals surface area contributed by atoms with E-state index >= 15 is 0 Å². The van der Waals surface area contributed by atoms with E-state index < -0.39 is 0 Å². The topological polar surface area (TPSA) is 37.8 Å². The van der Waals surface area contributed by atoms with E-state index in [0.717, 1.165) is 25.0 Å². The first kappa shape index (κ1) is 8.11. The molecule has 0 aromatic carbocycles. The highest BCUT2D eigenvalue weighted by Crippen LogP contribution is 1.97. The summed E-state index contributed by atoms with van der Waals surface area (Å²) in [4.78, 5) is 10.9. The standard InChI is InChI=1S/C8H14N2O/c1-3-4-5-7-6-8(11)10(2)9-7/h6,9H,3-5H2,1-2H3. The number of hydrogen-bond acceptors (Lipinski definition) is 1. The molecule has 1 aromatic rings. The lowest BCUT2D eigenvalue weighted by Crippen LogP contribution is -2.09. The third-order valence-corrected chi connectivity index (χ3v) is 1.74. The van der Waals surface area contributed by atoms with Crippen molar-refractivity contribution in [2.24, 2.45) is 7.05 Å². The van der Waals surface area contributed by atoms with Crippen LogP contribution in [0.2, 0.25) is 0 Å². The Morgan fingerprint density at radius 1 is 1.64 bits per heavy atom. The lowest BCUT2D eigenvalue weighted by Gasteiger charge is -1.93. The molecule has 1 heterocycles. The highest BCUT2D eigenvalue weighted by Gasteiger charge is 1.97. The summed E-state index contributed by atoms with van der Waals surface area (Å²) in [5.74, 6) is 0. The molecule has 0 amide bonds. The smallest absolute Gasteiger partial charge is 0.266 e. The van der Waals surface area contributed by atoms with E-state index in [0.29, 0.717) is 0 Å². The van der Waals surface area contributed by atoms with Crippen LogP contribution >= 0.6 is 0 Å². The number of nitrogens with zero attached hydrogens (tertiary/aromatic N) is 1. The molecule has 0 aliphatic heterocycles. The third kappa shape index (κ3) is 1.97. The van der Waals surface area contributed by atoms with Gasteiger partial charge in [-0.1, -0.05) is 13.3 Å². The van der Waals surface area contributed by atoms with Crippen molar-refractivity contribution in [3.05, 3.63) is 22.1 Å². The minimum atomic E-state index is 0.0519. The SMILES string of the molecule is CCCCc1cc(=O)n(C)[nH]1. The van der Waals surface area contributed by atoms with Crippen LogP contribution < -0.4 is 5.56 Å². The Morgan fingerprint density at radius 3 is 2.82 bits per heavy atom. The highest BCUT2D eigenvalue weighted by molar-refractivity contribution is 4.98. The summed E-state index contributed by atoms with van der Waals surface area (Å²) in [7, 11) is 1.73. The van der Waals surface area contributed by atoms with E-state index in [4.69, 9.17) is 0 Å². The number of hydrogen-bond donors (Lipinski definition) is 1. The van der Waals surface area contributed by atoms with Crippen LogP contribution in [0.3, 0.4) is 0 Å². The first-order valence-electron chi connectivity index (χ1n) is 3.99. The molecule has 1 N–H and O–H groups in total. The van der Waals surface area contributed by atoms with Crippen molar-refractivity contribution in [3.63, 3.8) is 0 Å². The number of aromatic amines is 1. The molecule has 11 heavy (non-hydrogen) atoms. The van der Waals surface area contributed by atoms with Crippen LogP contribution in [0.5, 0.6) is 0 Å². The highest BCUT2D eigenvalue weighted by atomic mass is 16.1. The molecule has 0 saturated heterocycles. The van der Waals surface area contributed by atoms with Gasteiger partial charge < -0.3 is 0 Å². The molecule has 3 heteroatoms. The van der Waals surface area contributed by atoms with Gasteiger partial charge in [-0.15, -0.1) is 0 Å². The van der Waals surface area contributed by atoms with E-state index in [1.54, 1.807) is 13.1 Å². The second kappa shape index (κ2) is 3.42. The van der Waals surface area contributed by atoms with Crippen LogP contribution in [0, 0.1) is 0 Å². The van der Waals surface area contributed by atoms with Crippen molar-refractivity contribution in [2.75, 3.05) is 0 Å². The predicted molar refractivity (Wildman–Crippen MR) is 44.6 cm³/mol. The Hall–Kier alpha value is -0.990. The third-order valence-electron chi connectivity index (χ3n) is 1.74. The molecule has 0 aliphatic rings. The molecule has 0 bridgehead atoms. The van der Waals surface area contributed by atoms with Crippen molar-refractivity contribution in [3.8, 4) is 0 Å². The second-order valence-electron chi connectivity index (χ2n) is 2.78. The van der Waals surface area contributed by atoms with Gasteiger partial charge in [0.05, 0.1) is 0 Å². The summed E-state index contributed by atoms with van der Waals surface area (Å²) in [6, 6.07) is 1.66. The Bertz CT molecular complexity index is 272. The number of H-pyrrole nitrogens is 1. The van der Waals surface area contributed by atoms with Crippen LogP contribution in [0.25, 0.3) is 0 Å². The summed E-state index contributed by atoms with van der Waals surface area (Å²) in [6.07, 6.45) is 3.28. The average Bonchev–Trinajstić information content (AvgIpc) is 2.28. The maximum Gasteiger partial charge on any atom is 0.266 e. The van der Waals surface area contributed by atoms with Crippen LogP contribution in [0.15, 0.2) is 10.9 Å². The normalized spacial score (nSPS) is 10.4. The van der Waals surface area contributed by atoms with Gasteiger partial charge in [-0.3, -0.25) is 14.6 Å². The average molecular weight is 154 g/mol. The van der Waals surface area contributed by atoms with Crippen molar-refractivity contribution >= 4 is 0 Å². The van der Waals surface area contributed by atoms with Gasteiger partial charge in [0, 0.05) is 18.8 Å². The molecule has 0 spiro atoms. The number of nitrogens with one attached hydrogen (secondary N) is 1. The quantitative estimate of drug-likeness (QED) is 0.694. The molecular formula is C8H14N2O. The van der Waals surface area contributed by atoms with E-state index in [9.17, 15) is 4.79 Å². The summed E-state index contributed by atoms with van der Waals surface area (Å²) in [6.45, 7) is 2.14. The van der Waals surface area contributed by atoms with E-state index in [-0.39, 0.29) is 5.56 Å². The van der Waals surface area contributed by atoms with Gasteiger partial charge in [-0.2, -0.15) is 0 Å². The van der Waals surface area contributed by atoms with Gasteiger partial charge in [0.25, 0.3) is 5.56 Å². The van der Waals surface area contributed by atoms with E-state index in [1.165, 1.54) is 4.68 Å². The van der Waals surface area contributed by atoms with Gasteiger partial charge in [-0.25, -0.2) is 0 Å². The predicted octanol–water partition coefficient (Wildman–Crippen LogP) is 1.06. The summed E-state index contributed by atoms with van der Waals surface area (Å²) >= 11 is 0. The molecule has 1 aromatic heterocycles. The van der Waals surface area contributed by atoms with Gasteiger partial charge in [0.1, 0.15) is 0 Å². The molecule has 0 fully saturated rings. The molecule has 0 radical (unpaired) electrons. The molecule has 0 atom stereocenters. The maximum absolute atomic E-state index is 10.9. The Kier molecular flexibility index (Phi) is 2.52. The van der Waals surface area contributed by atoms with E-state index in [2.05, 4.69) is 12.0 Å². The minimum Gasteiger partial charge on any atom is -0.300 e. The van der Waals surface area contributed by atoms with Gasteiger partial charge in [0.2, 0.25) is 0 Å². The van der Waals surface area contributed by atoms with Gasteiger partial charge >= 0.3 is 0 Å². The first-order valence-corrected chi connectivity index (χ1v) is 3.99. The zero-order chi connectivity index (χ0) is 8.27. The van der Waals surface area contributed by atoms with Gasteiger partial charge in [-0.05, 0) is 12.8 Å². The maximum atomic E-state index is 10.9. The van der Waals surface area contributed by atoms with Crippen LogP contribution in [-0.4, -0.2) is 9.78 Å². The molecule has 0 unspecified atom stereocenters. The van der Waals surface area contributed by atoms with Crippen molar-refractivity contribution in [1.29, 1.82) is 0 Å². The summed E-state index contributed by atoms with van der Waals surface area (Å²) in [5.41, 5.74) is 1.09. The fraction of sp³-hybridized carbons (Fsp3) is 0.625. The zero-order valence-corrected chi connectivity index (χ0v) is 7.05. The lowest BCUT2D eigenvalue weighted by atomic mass is 10.2. The molecular weight excluding hydrogens is 140 g/mol. The van der Waals surface area contributed by atoms with Crippen molar-refractivity contribution < 1.29 is 0 Å². The fourth-order valence-corrected chi connectivity index (χ4v) is 1.04. The second-order valence-corrected chi connectivity index (χ2v) is 2.78. The van der Waals surface area contributed by atoms with Gasteiger partial charge in [0.15, 0.2) is 0 Å². The Labute approximate surface area is 66.0 Å². The largest absolute Gasteiger partial charge is 0.300 e. The minimum absolute atomic E-state index is 0.0519. The van der Waals surface area contributed by atoms with Crippen molar-refractivity contribution in [1.82, 2.24) is 9.78 Å². The van der Waals surface area contributed by atoms with Crippen LogP contribution in [0.4, 0.5) is 0 Å². The summed E-state index contributed by atoms with van der Waals surface area (Å²) in [5, 5.41) is 2.98. The Morgan fingerprint density at radius 2 is 2.36 bits per heavy atom. The number of aryl methyl sites for hydroxylation is 2. The fourth-order valence-electron chi connectivity index (χ4n) is 1.04. The zero-order valence-electron chi connectivity index (χ0n) is 7.05. The molecule has 0 saturated carbocycles. The Balaban J connectivity index is 2.65.